The van der Waals surface area contributed by atoms with Crippen molar-refractivity contribution >= 4 is 5.97 Å². The Morgan fingerprint density at radius 3 is 2.50 bits per heavy atom. The highest BCUT2D eigenvalue weighted by molar-refractivity contribution is 5.83. The van der Waals surface area contributed by atoms with Crippen LogP contribution in [0.25, 0.3) is 0 Å². The minimum atomic E-state index is -0.268. The third kappa shape index (κ3) is 3.77. The van der Waals surface area contributed by atoms with Crippen molar-refractivity contribution in [3.63, 3.8) is 0 Å². The lowest BCUT2D eigenvalue weighted by Crippen LogP contribution is -1.97. The standard InChI is InChI=1S/C12H18O2/c1-10(9-12(13)14-2)8-11-6-4-3-5-7-11/h8-9H,3-7H2,1-2H3. The zero-order chi connectivity index (χ0) is 10.4. The van der Waals surface area contributed by atoms with Crippen molar-refractivity contribution in [1.82, 2.24) is 0 Å². The molecule has 1 aliphatic carbocycles. The van der Waals surface area contributed by atoms with Gasteiger partial charge in [-0.15, -0.1) is 0 Å². The van der Waals surface area contributed by atoms with Gasteiger partial charge in [-0.05, 0) is 38.2 Å². The van der Waals surface area contributed by atoms with Crippen LogP contribution >= 0.6 is 0 Å². The van der Waals surface area contributed by atoms with Crippen LogP contribution in [-0.2, 0) is 9.53 Å². The first-order valence-electron chi connectivity index (χ1n) is 5.18. The van der Waals surface area contributed by atoms with Gasteiger partial charge < -0.3 is 4.74 Å². The summed E-state index contributed by atoms with van der Waals surface area (Å²) < 4.78 is 4.57. The van der Waals surface area contributed by atoms with Crippen LogP contribution in [0.5, 0.6) is 0 Å². The number of esters is 1. The predicted octanol–water partition coefficient (Wildman–Crippen LogP) is 3.00. The van der Waals surface area contributed by atoms with E-state index in [1.54, 1.807) is 6.08 Å². The molecule has 0 aromatic rings. The third-order valence-corrected chi connectivity index (χ3v) is 2.47. The van der Waals surface area contributed by atoms with E-state index in [0.717, 1.165) is 5.57 Å². The lowest BCUT2D eigenvalue weighted by Gasteiger charge is -2.13. The number of carbonyl (C=O) groups excluding carboxylic acids is 1. The fourth-order valence-electron chi connectivity index (χ4n) is 1.76. The van der Waals surface area contributed by atoms with Gasteiger partial charge in [0, 0.05) is 6.08 Å². The average molecular weight is 194 g/mol. The molecule has 14 heavy (non-hydrogen) atoms. The average Bonchev–Trinajstić information content (AvgIpc) is 2.19. The summed E-state index contributed by atoms with van der Waals surface area (Å²) in [4.78, 5) is 10.9. The maximum absolute atomic E-state index is 10.9. The lowest BCUT2D eigenvalue weighted by molar-refractivity contribution is -0.134. The van der Waals surface area contributed by atoms with Crippen molar-refractivity contribution in [2.45, 2.75) is 39.0 Å². The fraction of sp³-hybridized carbons (Fsp3) is 0.583. The molecule has 0 saturated heterocycles. The molecule has 1 aliphatic rings. The zero-order valence-corrected chi connectivity index (χ0v) is 9.01. The Morgan fingerprint density at radius 1 is 1.29 bits per heavy atom. The van der Waals surface area contributed by atoms with Crippen LogP contribution in [0.15, 0.2) is 23.3 Å². The molecular weight excluding hydrogens is 176 g/mol. The molecule has 0 amide bonds. The van der Waals surface area contributed by atoms with Crippen LogP contribution in [0.2, 0.25) is 0 Å². The predicted molar refractivity (Wildman–Crippen MR) is 56.9 cm³/mol. The molecule has 0 spiro atoms. The van der Waals surface area contributed by atoms with Gasteiger partial charge in [-0.3, -0.25) is 0 Å². The molecule has 0 N–H and O–H groups in total. The maximum Gasteiger partial charge on any atom is 0.330 e. The molecule has 1 saturated carbocycles. The highest BCUT2D eigenvalue weighted by atomic mass is 16.5. The summed E-state index contributed by atoms with van der Waals surface area (Å²) in [5, 5.41) is 0. The quantitative estimate of drug-likeness (QED) is 0.499. The Morgan fingerprint density at radius 2 is 1.93 bits per heavy atom. The molecule has 0 aromatic carbocycles. The highest BCUT2D eigenvalue weighted by Gasteiger charge is 2.05. The molecule has 1 rings (SSSR count). The molecular formula is C12H18O2. The Kier molecular flexibility index (Phi) is 4.44. The van der Waals surface area contributed by atoms with Gasteiger partial charge in [0.1, 0.15) is 0 Å². The zero-order valence-electron chi connectivity index (χ0n) is 9.01. The van der Waals surface area contributed by atoms with Gasteiger partial charge in [-0.25, -0.2) is 4.79 Å². The van der Waals surface area contributed by atoms with Gasteiger partial charge in [0.05, 0.1) is 7.11 Å². The molecule has 78 valence electrons. The van der Waals surface area contributed by atoms with Crippen molar-refractivity contribution in [3.05, 3.63) is 23.3 Å². The van der Waals surface area contributed by atoms with Crippen LogP contribution in [0.4, 0.5) is 0 Å². The molecule has 0 atom stereocenters. The molecule has 2 nitrogen and oxygen atoms in total. The number of allylic oxidation sites excluding steroid dienone is 3. The van der Waals surface area contributed by atoms with E-state index in [0.29, 0.717) is 0 Å². The second-order valence-corrected chi connectivity index (χ2v) is 3.77. The summed E-state index contributed by atoms with van der Waals surface area (Å²) in [6.07, 6.45) is 9.96. The molecule has 0 heterocycles. The van der Waals surface area contributed by atoms with Gasteiger partial charge >= 0.3 is 5.97 Å². The van der Waals surface area contributed by atoms with E-state index in [-0.39, 0.29) is 5.97 Å². The van der Waals surface area contributed by atoms with Crippen LogP contribution in [0, 0.1) is 0 Å². The van der Waals surface area contributed by atoms with Crippen molar-refractivity contribution in [2.24, 2.45) is 0 Å². The van der Waals surface area contributed by atoms with E-state index >= 15 is 0 Å². The SMILES string of the molecule is COC(=O)C=C(C)C=C1CCCCC1. The maximum atomic E-state index is 10.9. The summed E-state index contributed by atoms with van der Waals surface area (Å²) in [6.45, 7) is 1.94. The van der Waals surface area contributed by atoms with Crippen molar-refractivity contribution in [2.75, 3.05) is 7.11 Å². The fourth-order valence-corrected chi connectivity index (χ4v) is 1.76. The Bertz CT molecular complexity index is 253. The normalized spacial score (nSPS) is 17.9. The van der Waals surface area contributed by atoms with Gasteiger partial charge in [-0.1, -0.05) is 18.1 Å². The molecule has 2 heteroatoms. The van der Waals surface area contributed by atoms with Crippen LogP contribution in [0.1, 0.15) is 39.0 Å². The number of rotatable bonds is 2. The third-order valence-electron chi connectivity index (χ3n) is 2.47. The van der Waals surface area contributed by atoms with Gasteiger partial charge in [0.25, 0.3) is 0 Å². The van der Waals surface area contributed by atoms with E-state index in [1.165, 1.54) is 44.8 Å². The van der Waals surface area contributed by atoms with Crippen molar-refractivity contribution in [3.8, 4) is 0 Å². The van der Waals surface area contributed by atoms with Crippen molar-refractivity contribution in [1.29, 1.82) is 0 Å². The molecule has 0 unspecified atom stereocenters. The molecule has 0 bridgehead atoms. The van der Waals surface area contributed by atoms with Crippen LogP contribution in [0.3, 0.4) is 0 Å². The van der Waals surface area contributed by atoms with Crippen molar-refractivity contribution < 1.29 is 9.53 Å². The molecule has 1 fully saturated rings. The molecule has 0 aliphatic heterocycles. The van der Waals surface area contributed by atoms with Gasteiger partial charge in [0.2, 0.25) is 0 Å². The first kappa shape index (κ1) is 11.0. The van der Waals surface area contributed by atoms with Crippen LogP contribution < -0.4 is 0 Å². The van der Waals surface area contributed by atoms with E-state index < -0.39 is 0 Å². The summed E-state index contributed by atoms with van der Waals surface area (Å²) in [5.41, 5.74) is 2.46. The minimum Gasteiger partial charge on any atom is -0.466 e. The lowest BCUT2D eigenvalue weighted by atomic mass is 9.93. The Hall–Kier alpha value is -1.05. The highest BCUT2D eigenvalue weighted by Crippen LogP contribution is 2.23. The summed E-state index contributed by atoms with van der Waals surface area (Å²) >= 11 is 0. The van der Waals surface area contributed by atoms with E-state index in [9.17, 15) is 4.79 Å². The van der Waals surface area contributed by atoms with E-state index in [1.807, 2.05) is 6.92 Å². The minimum absolute atomic E-state index is 0.268. The van der Waals surface area contributed by atoms with Gasteiger partial charge in [0.15, 0.2) is 0 Å². The van der Waals surface area contributed by atoms with E-state index in [4.69, 9.17) is 0 Å². The Labute approximate surface area is 85.6 Å². The number of hydrogen-bond donors (Lipinski definition) is 0. The molecule has 0 aromatic heterocycles. The first-order valence-corrected chi connectivity index (χ1v) is 5.18. The second-order valence-electron chi connectivity index (χ2n) is 3.77. The van der Waals surface area contributed by atoms with Gasteiger partial charge in [-0.2, -0.15) is 0 Å². The van der Waals surface area contributed by atoms with Crippen LogP contribution in [-0.4, -0.2) is 13.1 Å². The Balaban J connectivity index is 2.56. The number of ether oxygens (including phenoxy) is 1. The monoisotopic (exact) mass is 194 g/mol. The topological polar surface area (TPSA) is 26.3 Å². The second kappa shape index (κ2) is 5.63. The van der Waals surface area contributed by atoms with E-state index in [2.05, 4.69) is 10.8 Å². The first-order chi connectivity index (χ1) is 6.72. The molecule has 0 radical (unpaired) electrons. The number of methoxy groups -OCH3 is 1. The summed E-state index contributed by atoms with van der Waals surface area (Å²) in [7, 11) is 1.40. The summed E-state index contributed by atoms with van der Waals surface area (Å²) in [6, 6.07) is 0. The smallest absolute Gasteiger partial charge is 0.330 e. The largest absolute Gasteiger partial charge is 0.466 e. The number of carbonyl (C=O) groups is 1. The summed E-state index contributed by atoms with van der Waals surface area (Å²) in [5.74, 6) is -0.268. The number of hydrogen-bond acceptors (Lipinski definition) is 2.